The van der Waals surface area contributed by atoms with Crippen LogP contribution in [-0.4, -0.2) is 13.7 Å². The van der Waals surface area contributed by atoms with Crippen LogP contribution >= 0.6 is 0 Å². The van der Waals surface area contributed by atoms with E-state index in [9.17, 15) is 5.26 Å². The van der Waals surface area contributed by atoms with E-state index in [1.807, 2.05) is 18.2 Å². The van der Waals surface area contributed by atoms with Crippen LogP contribution in [0.1, 0.15) is 5.56 Å². The molecule has 4 heteroatoms. The van der Waals surface area contributed by atoms with Gasteiger partial charge in [-0.15, -0.1) is 0 Å². The zero-order valence-electron chi connectivity index (χ0n) is 25.3. The summed E-state index contributed by atoms with van der Waals surface area (Å²) in [6.07, 6.45) is 0. The van der Waals surface area contributed by atoms with Crippen molar-refractivity contribution in [1.29, 1.82) is 5.26 Å². The maximum absolute atomic E-state index is 10.4. The van der Waals surface area contributed by atoms with Crippen LogP contribution in [0.25, 0.3) is 82.5 Å². The molecule has 0 aliphatic carbocycles. The van der Waals surface area contributed by atoms with E-state index in [2.05, 4.69) is 159 Å². The summed E-state index contributed by atoms with van der Waals surface area (Å²) >= 11 is 0. The molecule has 0 saturated heterocycles. The first-order valence-corrected chi connectivity index (χ1v) is 15.9. The predicted octanol–water partition coefficient (Wildman–Crippen LogP) is 10.8. The van der Waals surface area contributed by atoms with Crippen molar-refractivity contribution in [2.24, 2.45) is 0 Å². The highest BCUT2D eigenvalue weighted by atomic mass is 15.0. The highest BCUT2D eigenvalue weighted by Crippen LogP contribution is 2.43. The van der Waals surface area contributed by atoms with E-state index in [4.69, 9.17) is 0 Å². The minimum Gasteiger partial charge on any atom is -0.309 e. The van der Waals surface area contributed by atoms with Gasteiger partial charge in [-0.25, -0.2) is 0 Å². The third-order valence-electron chi connectivity index (χ3n) is 9.65. The van der Waals surface area contributed by atoms with E-state index >= 15 is 0 Å². The van der Waals surface area contributed by atoms with E-state index in [0.717, 1.165) is 49.9 Å². The van der Waals surface area contributed by atoms with Crippen molar-refractivity contribution < 1.29 is 0 Å². The molecule has 0 saturated carbocycles. The average molecular weight is 599 g/mol. The molecule has 0 aliphatic heterocycles. The van der Waals surface area contributed by atoms with Crippen LogP contribution in [0.3, 0.4) is 0 Å². The van der Waals surface area contributed by atoms with Gasteiger partial charge in [0.2, 0.25) is 0 Å². The van der Waals surface area contributed by atoms with Gasteiger partial charge in [0.15, 0.2) is 0 Å². The van der Waals surface area contributed by atoms with Gasteiger partial charge in [0.05, 0.1) is 44.7 Å². The SMILES string of the molecule is N#Cc1cccc2c1c1c(ccc3c4ccccc4n(-c4ccc5c(c4)c4ccccc4n5-c4ccccc4)c31)n2-c1ccccc1. The molecule has 0 amide bonds. The van der Waals surface area contributed by atoms with Gasteiger partial charge in [-0.1, -0.05) is 84.9 Å². The molecule has 4 nitrogen and oxygen atoms in total. The van der Waals surface area contributed by atoms with E-state index in [1.54, 1.807) is 0 Å². The summed E-state index contributed by atoms with van der Waals surface area (Å²) in [5, 5.41) is 17.2. The zero-order valence-corrected chi connectivity index (χ0v) is 25.3. The summed E-state index contributed by atoms with van der Waals surface area (Å²) in [5.41, 5.74) is 10.7. The van der Waals surface area contributed by atoms with Gasteiger partial charge >= 0.3 is 0 Å². The number of nitrogens with zero attached hydrogens (tertiary/aromatic N) is 4. The molecule has 0 unspecified atom stereocenters. The summed E-state index contributed by atoms with van der Waals surface area (Å²) in [4.78, 5) is 0. The Balaban J connectivity index is 1.38. The topological polar surface area (TPSA) is 38.6 Å². The largest absolute Gasteiger partial charge is 0.309 e. The number of rotatable bonds is 3. The molecule has 0 atom stereocenters. The van der Waals surface area contributed by atoms with Crippen LogP contribution < -0.4 is 0 Å². The van der Waals surface area contributed by atoms with Crippen LogP contribution in [0.4, 0.5) is 0 Å². The maximum Gasteiger partial charge on any atom is 0.0999 e. The van der Waals surface area contributed by atoms with Crippen LogP contribution in [-0.2, 0) is 0 Å². The molecule has 3 aromatic heterocycles. The zero-order chi connectivity index (χ0) is 31.1. The fourth-order valence-electron chi connectivity index (χ4n) is 7.77. The minimum atomic E-state index is 0.674. The second-order valence-electron chi connectivity index (χ2n) is 12.1. The fourth-order valence-corrected chi connectivity index (χ4v) is 7.77. The van der Waals surface area contributed by atoms with Crippen molar-refractivity contribution in [3.8, 4) is 23.1 Å². The van der Waals surface area contributed by atoms with Gasteiger partial charge in [-0.2, -0.15) is 5.26 Å². The van der Waals surface area contributed by atoms with Gasteiger partial charge in [0.25, 0.3) is 0 Å². The molecule has 0 radical (unpaired) electrons. The second kappa shape index (κ2) is 9.71. The first kappa shape index (κ1) is 25.7. The fraction of sp³-hybridized carbons (Fsp3) is 0. The Morgan fingerprint density at radius 2 is 0.894 bits per heavy atom. The second-order valence-corrected chi connectivity index (χ2v) is 12.1. The Bertz CT molecular complexity index is 2900. The first-order chi connectivity index (χ1) is 23.3. The molecular formula is C43H26N4. The first-order valence-electron chi connectivity index (χ1n) is 15.9. The molecule has 47 heavy (non-hydrogen) atoms. The Kier molecular flexibility index (Phi) is 5.32. The van der Waals surface area contributed by atoms with Crippen LogP contribution in [0, 0.1) is 11.3 Å². The lowest BCUT2D eigenvalue weighted by Gasteiger charge is -2.11. The van der Waals surface area contributed by atoms with E-state index in [0.29, 0.717) is 5.56 Å². The smallest absolute Gasteiger partial charge is 0.0999 e. The molecule has 3 heterocycles. The molecule has 0 spiro atoms. The normalized spacial score (nSPS) is 11.8. The Morgan fingerprint density at radius 3 is 1.60 bits per heavy atom. The molecule has 0 bridgehead atoms. The lowest BCUT2D eigenvalue weighted by atomic mass is 10.0. The van der Waals surface area contributed by atoms with E-state index < -0.39 is 0 Å². The maximum atomic E-state index is 10.4. The highest BCUT2D eigenvalue weighted by molar-refractivity contribution is 6.27. The average Bonchev–Trinajstić information content (AvgIpc) is 3.77. The Labute approximate surface area is 270 Å². The van der Waals surface area contributed by atoms with Crippen molar-refractivity contribution in [3.05, 3.63) is 163 Å². The molecule has 7 aromatic carbocycles. The summed E-state index contributed by atoms with van der Waals surface area (Å²) in [6, 6.07) is 58.2. The number of aromatic nitrogens is 3. The number of benzene rings is 7. The Morgan fingerprint density at radius 1 is 0.362 bits per heavy atom. The van der Waals surface area contributed by atoms with Gasteiger partial charge in [0.1, 0.15) is 0 Å². The number of nitriles is 1. The van der Waals surface area contributed by atoms with Crippen LogP contribution in [0.5, 0.6) is 0 Å². The molecule has 10 aromatic rings. The third kappa shape index (κ3) is 3.51. The molecule has 0 fully saturated rings. The Hall–Kier alpha value is -6.57. The standard InChI is InChI=1S/C43H26N4/c44-27-28-12-11-21-39-41(28)42-40(46(39)30-15-5-2-6-16-30)25-23-34-32-17-7-10-20-37(32)47(43(34)42)31-22-24-38-35(26-31)33-18-8-9-19-36(33)45(38)29-13-3-1-4-14-29/h1-26H. The highest BCUT2D eigenvalue weighted by Gasteiger charge is 2.23. The number of hydrogen-bond acceptors (Lipinski definition) is 1. The van der Waals surface area contributed by atoms with E-state index in [1.165, 1.54) is 32.6 Å². The third-order valence-corrected chi connectivity index (χ3v) is 9.65. The molecule has 0 aliphatic rings. The number of para-hydroxylation sites is 4. The van der Waals surface area contributed by atoms with Crippen molar-refractivity contribution in [1.82, 2.24) is 13.7 Å². The van der Waals surface area contributed by atoms with Crippen molar-refractivity contribution >= 4 is 65.4 Å². The quantitative estimate of drug-likeness (QED) is 0.199. The lowest BCUT2D eigenvalue weighted by Crippen LogP contribution is -1.96. The van der Waals surface area contributed by atoms with Crippen LogP contribution in [0.15, 0.2) is 158 Å². The number of hydrogen-bond donors (Lipinski definition) is 0. The predicted molar refractivity (Wildman–Crippen MR) is 194 cm³/mol. The molecular weight excluding hydrogens is 573 g/mol. The van der Waals surface area contributed by atoms with Crippen LogP contribution in [0.2, 0.25) is 0 Å². The van der Waals surface area contributed by atoms with Gasteiger partial charge in [0, 0.05) is 49.4 Å². The monoisotopic (exact) mass is 598 g/mol. The summed E-state index contributed by atoms with van der Waals surface area (Å²) in [5.74, 6) is 0. The summed E-state index contributed by atoms with van der Waals surface area (Å²) < 4.78 is 7.05. The van der Waals surface area contributed by atoms with Gasteiger partial charge < -0.3 is 13.7 Å². The molecule has 218 valence electrons. The van der Waals surface area contributed by atoms with Crippen molar-refractivity contribution in [2.75, 3.05) is 0 Å². The lowest BCUT2D eigenvalue weighted by molar-refractivity contribution is 1.17. The van der Waals surface area contributed by atoms with Crippen molar-refractivity contribution in [2.45, 2.75) is 0 Å². The summed E-state index contributed by atoms with van der Waals surface area (Å²) in [7, 11) is 0. The molecule has 10 rings (SSSR count). The van der Waals surface area contributed by atoms with E-state index in [-0.39, 0.29) is 0 Å². The van der Waals surface area contributed by atoms with Gasteiger partial charge in [-0.05, 0) is 72.8 Å². The summed E-state index contributed by atoms with van der Waals surface area (Å²) in [6.45, 7) is 0. The minimum absolute atomic E-state index is 0.674. The molecule has 0 N–H and O–H groups in total. The number of fused-ring (bicyclic) bond motifs is 10. The van der Waals surface area contributed by atoms with Gasteiger partial charge in [-0.3, -0.25) is 0 Å². The van der Waals surface area contributed by atoms with Crippen molar-refractivity contribution in [3.63, 3.8) is 0 Å².